The first-order valence-electron chi connectivity index (χ1n) is 8.97. The SMILES string of the molecule is Cn1c(-c2ccccc2Cl)nn(CN2CCN(Cc3cccs3)CC2)c1=S. The van der Waals surface area contributed by atoms with E-state index in [1.807, 2.05) is 51.9 Å². The van der Waals surface area contributed by atoms with Crippen LogP contribution in [0, 0.1) is 4.77 Å². The number of nitrogens with zero attached hydrogens (tertiary/aromatic N) is 5. The molecule has 0 radical (unpaired) electrons. The summed E-state index contributed by atoms with van der Waals surface area (Å²) in [5, 5.41) is 7.59. The summed E-state index contributed by atoms with van der Waals surface area (Å²) < 4.78 is 4.55. The first kappa shape index (κ1) is 18.8. The summed E-state index contributed by atoms with van der Waals surface area (Å²) in [6, 6.07) is 12.1. The number of thiophene rings is 1. The lowest BCUT2D eigenvalue weighted by molar-refractivity contribution is 0.0987. The number of rotatable bonds is 5. The second-order valence-corrected chi connectivity index (χ2v) is 8.56. The Balaban J connectivity index is 1.43. The molecule has 1 aromatic carbocycles. The molecule has 3 heterocycles. The molecule has 0 atom stereocenters. The molecule has 0 N–H and O–H groups in total. The van der Waals surface area contributed by atoms with Gasteiger partial charge in [0.05, 0.1) is 11.7 Å². The van der Waals surface area contributed by atoms with Crippen molar-refractivity contribution in [2.24, 2.45) is 7.05 Å². The molecule has 142 valence electrons. The molecule has 27 heavy (non-hydrogen) atoms. The number of aromatic nitrogens is 3. The molecule has 4 rings (SSSR count). The first-order chi connectivity index (χ1) is 13.1. The Hall–Kier alpha value is -1.51. The van der Waals surface area contributed by atoms with Gasteiger partial charge in [-0.05, 0) is 35.8 Å². The fraction of sp³-hybridized carbons (Fsp3) is 0.368. The van der Waals surface area contributed by atoms with Gasteiger partial charge in [0.15, 0.2) is 10.6 Å². The van der Waals surface area contributed by atoms with E-state index in [0.717, 1.165) is 44.1 Å². The van der Waals surface area contributed by atoms with Gasteiger partial charge in [-0.1, -0.05) is 29.8 Å². The van der Waals surface area contributed by atoms with Crippen molar-refractivity contribution < 1.29 is 0 Å². The van der Waals surface area contributed by atoms with E-state index in [1.165, 1.54) is 4.88 Å². The molecule has 2 aromatic heterocycles. The van der Waals surface area contributed by atoms with Crippen LogP contribution in [0.4, 0.5) is 0 Å². The fourth-order valence-corrected chi connectivity index (χ4v) is 4.51. The molecular formula is C19H22ClN5S2. The van der Waals surface area contributed by atoms with Crippen LogP contribution in [-0.4, -0.2) is 50.3 Å². The van der Waals surface area contributed by atoms with Crippen LogP contribution in [0.15, 0.2) is 41.8 Å². The van der Waals surface area contributed by atoms with E-state index in [4.69, 9.17) is 28.9 Å². The van der Waals surface area contributed by atoms with Gasteiger partial charge in [-0.2, -0.15) is 5.10 Å². The lowest BCUT2D eigenvalue weighted by Gasteiger charge is -2.34. The third kappa shape index (κ3) is 4.17. The molecule has 0 aliphatic carbocycles. The minimum atomic E-state index is 0.690. The van der Waals surface area contributed by atoms with Gasteiger partial charge in [0, 0.05) is 50.2 Å². The molecule has 8 heteroatoms. The van der Waals surface area contributed by atoms with E-state index in [2.05, 4.69) is 27.3 Å². The average molecular weight is 420 g/mol. The molecule has 0 spiro atoms. The Morgan fingerprint density at radius 3 is 2.52 bits per heavy atom. The molecular weight excluding hydrogens is 398 g/mol. The Labute approximate surface area is 173 Å². The quantitative estimate of drug-likeness (QED) is 0.582. The van der Waals surface area contributed by atoms with Crippen molar-refractivity contribution in [2.45, 2.75) is 13.2 Å². The van der Waals surface area contributed by atoms with Crippen LogP contribution in [-0.2, 0) is 20.3 Å². The van der Waals surface area contributed by atoms with Gasteiger partial charge in [0.1, 0.15) is 0 Å². The molecule has 0 saturated carbocycles. The Morgan fingerprint density at radius 2 is 1.81 bits per heavy atom. The molecule has 1 saturated heterocycles. The molecule has 0 amide bonds. The van der Waals surface area contributed by atoms with E-state index in [0.29, 0.717) is 16.5 Å². The highest BCUT2D eigenvalue weighted by Gasteiger charge is 2.19. The summed E-state index contributed by atoms with van der Waals surface area (Å²) in [5.74, 6) is 0.807. The standard InChI is InChI=1S/C19H22ClN5S2/c1-22-18(16-6-2-3-7-17(16)20)21-25(19(22)26)14-24-10-8-23(9-11-24)13-15-5-4-12-27-15/h2-7,12H,8-11,13-14H2,1H3. The molecule has 1 aliphatic rings. The summed E-state index contributed by atoms with van der Waals surface area (Å²) in [6.45, 7) is 5.93. The smallest absolute Gasteiger partial charge is 0.199 e. The van der Waals surface area contributed by atoms with Crippen molar-refractivity contribution in [1.82, 2.24) is 24.1 Å². The molecule has 1 aliphatic heterocycles. The molecule has 3 aromatic rings. The number of halogens is 1. The van der Waals surface area contributed by atoms with Crippen molar-refractivity contribution in [1.29, 1.82) is 0 Å². The summed E-state index contributed by atoms with van der Waals surface area (Å²) in [6.07, 6.45) is 0. The van der Waals surface area contributed by atoms with Crippen LogP contribution in [0.3, 0.4) is 0 Å². The summed E-state index contributed by atoms with van der Waals surface area (Å²) in [5.41, 5.74) is 0.910. The predicted octanol–water partition coefficient (Wildman–Crippen LogP) is 4.11. The maximum atomic E-state index is 6.35. The normalized spacial score (nSPS) is 16.1. The van der Waals surface area contributed by atoms with Gasteiger partial charge in [-0.15, -0.1) is 11.3 Å². The monoisotopic (exact) mass is 419 g/mol. The second-order valence-electron chi connectivity index (χ2n) is 6.76. The van der Waals surface area contributed by atoms with Gasteiger partial charge >= 0.3 is 0 Å². The second kappa shape index (κ2) is 8.24. The Kier molecular flexibility index (Phi) is 5.75. The largest absolute Gasteiger partial charge is 0.303 e. The third-order valence-corrected chi connectivity index (χ3v) is 6.59. The van der Waals surface area contributed by atoms with Crippen LogP contribution in [0.5, 0.6) is 0 Å². The third-order valence-electron chi connectivity index (χ3n) is 4.91. The van der Waals surface area contributed by atoms with Gasteiger partial charge in [-0.3, -0.25) is 9.80 Å². The highest BCUT2D eigenvalue weighted by atomic mass is 35.5. The highest BCUT2D eigenvalue weighted by Crippen LogP contribution is 2.26. The van der Waals surface area contributed by atoms with Crippen molar-refractivity contribution in [2.75, 3.05) is 26.2 Å². The van der Waals surface area contributed by atoms with Crippen LogP contribution in [0.1, 0.15) is 4.88 Å². The van der Waals surface area contributed by atoms with Crippen LogP contribution < -0.4 is 0 Å². The lowest BCUT2D eigenvalue weighted by Crippen LogP contribution is -2.46. The van der Waals surface area contributed by atoms with Crippen LogP contribution in [0.2, 0.25) is 5.02 Å². The average Bonchev–Trinajstić information content (AvgIpc) is 3.28. The topological polar surface area (TPSA) is 29.2 Å². The summed E-state index contributed by atoms with van der Waals surface area (Å²) >= 11 is 13.8. The zero-order valence-electron chi connectivity index (χ0n) is 15.2. The van der Waals surface area contributed by atoms with Crippen LogP contribution >= 0.6 is 35.2 Å². The maximum absolute atomic E-state index is 6.35. The molecule has 5 nitrogen and oxygen atoms in total. The predicted molar refractivity (Wildman–Crippen MR) is 114 cm³/mol. The zero-order chi connectivity index (χ0) is 18.8. The minimum Gasteiger partial charge on any atom is -0.303 e. The molecule has 0 unspecified atom stereocenters. The van der Waals surface area contributed by atoms with Crippen molar-refractivity contribution in [3.8, 4) is 11.4 Å². The van der Waals surface area contributed by atoms with E-state index >= 15 is 0 Å². The number of benzene rings is 1. The van der Waals surface area contributed by atoms with Crippen LogP contribution in [0.25, 0.3) is 11.4 Å². The molecule has 0 bridgehead atoms. The zero-order valence-corrected chi connectivity index (χ0v) is 17.6. The maximum Gasteiger partial charge on any atom is 0.199 e. The van der Waals surface area contributed by atoms with Crippen molar-refractivity contribution in [3.63, 3.8) is 0 Å². The van der Waals surface area contributed by atoms with E-state index in [-0.39, 0.29) is 0 Å². The Morgan fingerprint density at radius 1 is 1.07 bits per heavy atom. The Bertz CT molecular complexity index is 955. The minimum absolute atomic E-state index is 0.690. The summed E-state index contributed by atoms with van der Waals surface area (Å²) in [4.78, 5) is 6.35. The van der Waals surface area contributed by atoms with Crippen molar-refractivity contribution in [3.05, 3.63) is 56.4 Å². The van der Waals surface area contributed by atoms with Gasteiger partial charge in [0.25, 0.3) is 0 Å². The highest BCUT2D eigenvalue weighted by molar-refractivity contribution is 7.71. The lowest BCUT2D eigenvalue weighted by atomic mass is 10.2. The van der Waals surface area contributed by atoms with Gasteiger partial charge in [-0.25, -0.2) is 4.68 Å². The van der Waals surface area contributed by atoms with E-state index < -0.39 is 0 Å². The van der Waals surface area contributed by atoms with Crippen molar-refractivity contribution >= 4 is 35.2 Å². The summed E-state index contributed by atoms with van der Waals surface area (Å²) in [7, 11) is 1.95. The van der Waals surface area contributed by atoms with E-state index in [9.17, 15) is 0 Å². The number of hydrogen-bond donors (Lipinski definition) is 0. The number of hydrogen-bond acceptors (Lipinski definition) is 5. The first-order valence-corrected chi connectivity index (χ1v) is 10.6. The van der Waals surface area contributed by atoms with E-state index in [1.54, 1.807) is 0 Å². The number of piperazine rings is 1. The fourth-order valence-electron chi connectivity index (χ4n) is 3.36. The van der Waals surface area contributed by atoms with Gasteiger partial charge < -0.3 is 4.57 Å². The van der Waals surface area contributed by atoms with Gasteiger partial charge in [0.2, 0.25) is 0 Å². The molecule has 1 fully saturated rings.